The van der Waals surface area contributed by atoms with Crippen LogP contribution in [0.3, 0.4) is 0 Å². The summed E-state index contributed by atoms with van der Waals surface area (Å²) in [4.78, 5) is 38.3. The molecule has 0 bridgehead atoms. The molecular formula is C22H26FN5O3S. The molecule has 1 aromatic carbocycles. The third kappa shape index (κ3) is 4.87. The molecule has 8 nitrogen and oxygen atoms in total. The van der Waals surface area contributed by atoms with Gasteiger partial charge >= 0.3 is 0 Å². The zero-order valence-corrected chi connectivity index (χ0v) is 19.0. The summed E-state index contributed by atoms with van der Waals surface area (Å²) in [5.74, 6) is -0.695. The van der Waals surface area contributed by atoms with Gasteiger partial charge in [0, 0.05) is 37.4 Å². The number of fused-ring (bicyclic) bond motifs is 1. The van der Waals surface area contributed by atoms with Gasteiger partial charge in [-0.3, -0.25) is 24.0 Å². The highest BCUT2D eigenvalue weighted by Crippen LogP contribution is 2.30. The van der Waals surface area contributed by atoms with Crippen molar-refractivity contribution in [2.45, 2.75) is 26.8 Å². The Kier molecular flexibility index (Phi) is 6.92. The predicted octanol–water partition coefficient (Wildman–Crippen LogP) is 2.36. The maximum Gasteiger partial charge on any atom is 0.256 e. The number of ether oxygens (including phenoxy) is 1. The van der Waals surface area contributed by atoms with Crippen molar-refractivity contribution in [2.24, 2.45) is 0 Å². The van der Waals surface area contributed by atoms with Gasteiger partial charge in [-0.05, 0) is 32.4 Å². The van der Waals surface area contributed by atoms with Crippen LogP contribution in [0.25, 0.3) is 10.2 Å². The number of amides is 1. The molecule has 0 aliphatic carbocycles. The van der Waals surface area contributed by atoms with E-state index in [1.54, 1.807) is 30.9 Å². The second kappa shape index (κ2) is 9.85. The number of morpholine rings is 1. The minimum Gasteiger partial charge on any atom is -0.379 e. The van der Waals surface area contributed by atoms with Crippen molar-refractivity contribution in [3.05, 3.63) is 52.0 Å². The number of hydrogen-bond acceptors (Lipinski definition) is 7. The summed E-state index contributed by atoms with van der Waals surface area (Å²) in [5.41, 5.74) is 1.17. The van der Waals surface area contributed by atoms with E-state index >= 15 is 0 Å². The number of nitrogens with zero attached hydrogens (tertiary/aromatic N) is 5. The van der Waals surface area contributed by atoms with Gasteiger partial charge in [-0.1, -0.05) is 17.4 Å². The first-order chi connectivity index (χ1) is 15.4. The van der Waals surface area contributed by atoms with E-state index in [0.29, 0.717) is 40.8 Å². The normalized spacial score (nSPS) is 14.7. The highest BCUT2D eigenvalue weighted by Gasteiger charge is 2.22. The summed E-state index contributed by atoms with van der Waals surface area (Å²) in [6, 6.07) is 4.77. The summed E-state index contributed by atoms with van der Waals surface area (Å²) < 4.78 is 21.6. The molecule has 3 aromatic rings. The van der Waals surface area contributed by atoms with E-state index in [4.69, 9.17) is 4.74 Å². The van der Waals surface area contributed by atoms with Crippen molar-refractivity contribution in [1.29, 1.82) is 0 Å². The minimum absolute atomic E-state index is 0.150. The van der Waals surface area contributed by atoms with E-state index < -0.39 is 5.82 Å². The lowest BCUT2D eigenvalue weighted by Gasteiger charge is -2.27. The van der Waals surface area contributed by atoms with Crippen LogP contribution >= 0.6 is 11.3 Å². The van der Waals surface area contributed by atoms with Gasteiger partial charge in [0.05, 0.1) is 24.2 Å². The van der Waals surface area contributed by atoms with Crippen LogP contribution in [0.1, 0.15) is 17.7 Å². The number of benzene rings is 1. The third-order valence-corrected chi connectivity index (χ3v) is 6.71. The second-order valence-corrected chi connectivity index (χ2v) is 8.83. The van der Waals surface area contributed by atoms with Gasteiger partial charge in [0.2, 0.25) is 5.91 Å². The van der Waals surface area contributed by atoms with Gasteiger partial charge in [-0.15, -0.1) is 0 Å². The van der Waals surface area contributed by atoms with E-state index in [9.17, 15) is 14.0 Å². The number of thiazole rings is 1. The molecule has 0 atom stereocenters. The fraction of sp³-hybridized carbons (Fsp3) is 0.455. The van der Waals surface area contributed by atoms with Gasteiger partial charge in [0.1, 0.15) is 17.9 Å². The number of carbonyl (C=O) groups is 1. The van der Waals surface area contributed by atoms with Crippen LogP contribution in [0.4, 0.5) is 9.52 Å². The monoisotopic (exact) mass is 459 g/mol. The molecule has 2 aromatic heterocycles. The van der Waals surface area contributed by atoms with Crippen molar-refractivity contribution in [3.8, 4) is 0 Å². The number of halogens is 1. The Morgan fingerprint density at radius 2 is 2.06 bits per heavy atom. The highest BCUT2D eigenvalue weighted by molar-refractivity contribution is 7.22. The fourth-order valence-corrected chi connectivity index (χ4v) is 4.67. The first-order valence-electron chi connectivity index (χ1n) is 10.6. The average Bonchev–Trinajstić information content (AvgIpc) is 3.23. The van der Waals surface area contributed by atoms with Crippen molar-refractivity contribution in [1.82, 2.24) is 19.4 Å². The lowest BCUT2D eigenvalue weighted by atomic mass is 10.2. The van der Waals surface area contributed by atoms with Crippen molar-refractivity contribution in [2.75, 3.05) is 44.3 Å². The molecule has 0 radical (unpaired) electrons. The minimum atomic E-state index is -0.416. The maximum atomic E-state index is 14.2. The van der Waals surface area contributed by atoms with Gasteiger partial charge < -0.3 is 4.74 Å². The Morgan fingerprint density at radius 1 is 1.28 bits per heavy atom. The van der Waals surface area contributed by atoms with Gasteiger partial charge in [-0.2, -0.15) is 0 Å². The van der Waals surface area contributed by atoms with Crippen LogP contribution in [0.5, 0.6) is 0 Å². The molecule has 10 heteroatoms. The lowest BCUT2D eigenvalue weighted by molar-refractivity contribution is -0.119. The summed E-state index contributed by atoms with van der Waals surface area (Å²) in [6.07, 6.45) is 2.12. The van der Waals surface area contributed by atoms with E-state index in [1.165, 1.54) is 28.3 Å². The smallest absolute Gasteiger partial charge is 0.256 e. The number of hydrogen-bond donors (Lipinski definition) is 0. The number of aromatic nitrogens is 3. The van der Waals surface area contributed by atoms with E-state index in [1.807, 2.05) is 0 Å². The zero-order chi connectivity index (χ0) is 22.7. The van der Waals surface area contributed by atoms with Crippen LogP contribution in [-0.4, -0.2) is 64.7 Å². The molecule has 1 amide bonds. The molecule has 32 heavy (non-hydrogen) atoms. The first kappa shape index (κ1) is 22.5. The molecule has 1 fully saturated rings. The van der Waals surface area contributed by atoms with Crippen molar-refractivity contribution >= 4 is 32.6 Å². The molecule has 0 unspecified atom stereocenters. The standard InChI is InChI=1S/C22H26FN5O3S/c1-15-16(2)24-14-27(21(15)30)13-19(29)28(8-4-7-26-9-11-31-12-10-26)22-25-20-17(23)5-3-6-18(20)32-22/h3,5-6,14H,4,7-13H2,1-2H3. The highest BCUT2D eigenvalue weighted by atomic mass is 32.1. The van der Waals surface area contributed by atoms with Crippen LogP contribution in [0, 0.1) is 19.7 Å². The summed E-state index contributed by atoms with van der Waals surface area (Å²) in [6.45, 7) is 7.70. The van der Waals surface area contributed by atoms with Gasteiger partial charge in [0.25, 0.3) is 5.56 Å². The molecular weight excluding hydrogens is 433 g/mol. The molecule has 1 aliphatic rings. The number of anilines is 1. The first-order valence-corrected chi connectivity index (χ1v) is 11.4. The van der Waals surface area contributed by atoms with Gasteiger partial charge in [0.15, 0.2) is 5.13 Å². The molecule has 1 aliphatic heterocycles. The molecule has 0 saturated carbocycles. The van der Waals surface area contributed by atoms with Gasteiger partial charge in [-0.25, -0.2) is 14.4 Å². The Bertz CT molecular complexity index is 1170. The molecule has 170 valence electrons. The quantitative estimate of drug-likeness (QED) is 0.540. The van der Waals surface area contributed by atoms with Crippen LogP contribution in [-0.2, 0) is 16.1 Å². The van der Waals surface area contributed by atoms with Crippen molar-refractivity contribution < 1.29 is 13.9 Å². The summed E-state index contributed by atoms with van der Waals surface area (Å²) >= 11 is 1.27. The van der Waals surface area contributed by atoms with E-state index in [2.05, 4.69) is 14.9 Å². The number of para-hydroxylation sites is 1. The third-order valence-electron chi connectivity index (χ3n) is 5.67. The van der Waals surface area contributed by atoms with Crippen LogP contribution in [0.2, 0.25) is 0 Å². The second-order valence-electron chi connectivity index (χ2n) is 7.82. The van der Waals surface area contributed by atoms with Crippen LogP contribution in [0.15, 0.2) is 29.3 Å². The molecule has 4 rings (SSSR count). The Labute approximate surface area is 189 Å². The van der Waals surface area contributed by atoms with Crippen LogP contribution < -0.4 is 10.5 Å². The topological polar surface area (TPSA) is 80.6 Å². The van der Waals surface area contributed by atoms with E-state index in [0.717, 1.165) is 26.1 Å². The summed E-state index contributed by atoms with van der Waals surface area (Å²) in [7, 11) is 0. The van der Waals surface area contributed by atoms with Crippen molar-refractivity contribution in [3.63, 3.8) is 0 Å². The number of rotatable bonds is 7. The SMILES string of the molecule is Cc1ncn(CC(=O)N(CCCN2CCOCC2)c2nc3c(F)cccc3s2)c(=O)c1C. The number of aryl methyl sites for hydroxylation is 1. The number of carbonyl (C=O) groups excluding carboxylic acids is 1. The summed E-state index contributed by atoms with van der Waals surface area (Å²) in [5, 5.41) is 0.432. The molecule has 0 N–H and O–H groups in total. The zero-order valence-electron chi connectivity index (χ0n) is 18.2. The Balaban J connectivity index is 1.57. The average molecular weight is 460 g/mol. The fourth-order valence-electron chi connectivity index (χ4n) is 3.64. The molecule has 0 spiro atoms. The maximum absolute atomic E-state index is 14.2. The van der Waals surface area contributed by atoms with E-state index in [-0.39, 0.29) is 23.5 Å². The Hall–Kier alpha value is -2.69. The lowest BCUT2D eigenvalue weighted by Crippen LogP contribution is -2.41. The predicted molar refractivity (Wildman–Crippen MR) is 122 cm³/mol. The molecule has 1 saturated heterocycles. The largest absolute Gasteiger partial charge is 0.379 e. The molecule has 3 heterocycles. The Morgan fingerprint density at radius 3 is 2.81 bits per heavy atom.